The summed E-state index contributed by atoms with van der Waals surface area (Å²) in [6.07, 6.45) is 1.66. The molecule has 1 aliphatic heterocycles. The van der Waals surface area contributed by atoms with Crippen molar-refractivity contribution < 1.29 is 19.4 Å². The van der Waals surface area contributed by atoms with Gasteiger partial charge >= 0.3 is 0 Å². The number of ketones is 1. The monoisotopic (exact) mass is 265 g/mol. The number of nitrogens with two attached hydrogens (primary N) is 1. The summed E-state index contributed by atoms with van der Waals surface area (Å²) in [5, 5.41) is 10.2. The molecule has 0 saturated carbocycles. The van der Waals surface area contributed by atoms with Crippen LogP contribution in [0.15, 0.2) is 12.1 Å². The number of rotatable bonds is 7. The number of hydrogen-bond donors (Lipinski definition) is 2. The molecule has 19 heavy (non-hydrogen) atoms. The minimum absolute atomic E-state index is 0.00786. The van der Waals surface area contributed by atoms with Crippen molar-refractivity contribution in [1.82, 2.24) is 0 Å². The summed E-state index contributed by atoms with van der Waals surface area (Å²) in [7, 11) is 0. The van der Waals surface area contributed by atoms with Crippen LogP contribution in [0, 0.1) is 0 Å². The molecule has 1 fully saturated rings. The van der Waals surface area contributed by atoms with E-state index in [1.807, 2.05) is 6.92 Å². The van der Waals surface area contributed by atoms with Crippen LogP contribution in [0.2, 0.25) is 0 Å². The molecule has 104 valence electrons. The minimum Gasteiger partial charge on any atom is -0.507 e. The van der Waals surface area contributed by atoms with Crippen LogP contribution in [0.4, 0.5) is 0 Å². The Morgan fingerprint density at radius 3 is 2.89 bits per heavy atom. The number of carbonyl (C=O) groups excluding carboxylic acids is 1. The van der Waals surface area contributed by atoms with E-state index >= 15 is 0 Å². The standard InChI is InChI=1S/C14H19NO4/c1-2-3-11-13(19-8-9-7-18-9)5-4-10(14(11)17)12(16)6-15/h4-5,9,17H,2-3,6-8,15H2,1H3. The van der Waals surface area contributed by atoms with Crippen LogP contribution in [-0.4, -0.2) is 36.8 Å². The average Bonchev–Trinajstić information content (AvgIpc) is 3.23. The van der Waals surface area contributed by atoms with Gasteiger partial charge in [0, 0.05) is 5.56 Å². The number of carbonyl (C=O) groups is 1. The first-order valence-corrected chi connectivity index (χ1v) is 6.49. The number of ether oxygens (including phenoxy) is 2. The fourth-order valence-corrected chi connectivity index (χ4v) is 1.93. The Hall–Kier alpha value is -1.59. The van der Waals surface area contributed by atoms with Crippen LogP contribution in [-0.2, 0) is 11.2 Å². The molecule has 0 amide bonds. The lowest BCUT2D eigenvalue weighted by atomic mass is 10.0. The fraction of sp³-hybridized carbons (Fsp3) is 0.500. The Kier molecular flexibility index (Phi) is 4.39. The van der Waals surface area contributed by atoms with Crippen LogP contribution in [0.1, 0.15) is 29.3 Å². The van der Waals surface area contributed by atoms with Gasteiger partial charge in [0.2, 0.25) is 0 Å². The van der Waals surface area contributed by atoms with Gasteiger partial charge in [-0.3, -0.25) is 4.79 Å². The fourth-order valence-electron chi connectivity index (χ4n) is 1.93. The van der Waals surface area contributed by atoms with E-state index in [0.29, 0.717) is 24.3 Å². The summed E-state index contributed by atoms with van der Waals surface area (Å²) in [6.45, 7) is 3.08. The van der Waals surface area contributed by atoms with E-state index in [1.165, 1.54) is 0 Å². The molecule has 3 N–H and O–H groups in total. The number of epoxide rings is 1. The predicted molar refractivity (Wildman–Crippen MR) is 70.7 cm³/mol. The Morgan fingerprint density at radius 1 is 1.58 bits per heavy atom. The van der Waals surface area contributed by atoms with Gasteiger partial charge in [0.25, 0.3) is 0 Å². The van der Waals surface area contributed by atoms with Gasteiger partial charge in [0.15, 0.2) is 5.78 Å². The summed E-state index contributed by atoms with van der Waals surface area (Å²) in [4.78, 5) is 11.6. The van der Waals surface area contributed by atoms with Crippen molar-refractivity contribution in [1.29, 1.82) is 0 Å². The molecule has 0 radical (unpaired) electrons. The predicted octanol–water partition coefficient (Wildman–Crippen LogP) is 1.26. The highest BCUT2D eigenvalue weighted by Gasteiger charge is 2.24. The zero-order valence-electron chi connectivity index (χ0n) is 11.0. The normalized spacial score (nSPS) is 17.3. The first kappa shape index (κ1) is 13.8. The van der Waals surface area contributed by atoms with Crippen molar-refractivity contribution in [3.63, 3.8) is 0 Å². The summed E-state index contributed by atoms with van der Waals surface area (Å²) in [5.41, 5.74) is 6.27. The van der Waals surface area contributed by atoms with Gasteiger partial charge in [-0.25, -0.2) is 0 Å². The average molecular weight is 265 g/mol. The van der Waals surface area contributed by atoms with Crippen molar-refractivity contribution in [2.45, 2.75) is 25.9 Å². The third-order valence-corrected chi connectivity index (χ3v) is 3.05. The van der Waals surface area contributed by atoms with E-state index in [2.05, 4.69) is 0 Å². The molecule has 0 aliphatic carbocycles. The maximum Gasteiger partial charge on any atom is 0.180 e. The van der Waals surface area contributed by atoms with Crippen molar-refractivity contribution in [3.8, 4) is 11.5 Å². The molecule has 1 aromatic rings. The molecule has 1 heterocycles. The van der Waals surface area contributed by atoms with E-state index in [0.717, 1.165) is 13.0 Å². The van der Waals surface area contributed by atoms with Crippen molar-refractivity contribution >= 4 is 5.78 Å². The van der Waals surface area contributed by atoms with Gasteiger partial charge < -0.3 is 20.3 Å². The lowest BCUT2D eigenvalue weighted by molar-refractivity contribution is 0.0998. The quantitative estimate of drug-likeness (QED) is 0.572. The van der Waals surface area contributed by atoms with E-state index in [4.69, 9.17) is 15.2 Å². The lowest BCUT2D eigenvalue weighted by Gasteiger charge is -2.14. The van der Waals surface area contributed by atoms with Gasteiger partial charge in [-0.05, 0) is 18.6 Å². The molecule has 5 nitrogen and oxygen atoms in total. The van der Waals surface area contributed by atoms with Crippen LogP contribution in [0.3, 0.4) is 0 Å². The molecular formula is C14H19NO4. The molecule has 1 saturated heterocycles. The second kappa shape index (κ2) is 6.04. The van der Waals surface area contributed by atoms with Gasteiger partial charge in [-0.15, -0.1) is 0 Å². The maximum atomic E-state index is 11.6. The summed E-state index contributed by atoms with van der Waals surface area (Å²) < 4.78 is 10.7. The molecule has 0 bridgehead atoms. The molecule has 2 rings (SSSR count). The van der Waals surface area contributed by atoms with Crippen molar-refractivity contribution in [2.24, 2.45) is 5.73 Å². The molecule has 0 aromatic heterocycles. The van der Waals surface area contributed by atoms with Crippen molar-refractivity contribution in [2.75, 3.05) is 19.8 Å². The second-order valence-electron chi connectivity index (χ2n) is 4.58. The van der Waals surface area contributed by atoms with Crippen LogP contribution < -0.4 is 10.5 Å². The van der Waals surface area contributed by atoms with Gasteiger partial charge in [-0.2, -0.15) is 0 Å². The van der Waals surface area contributed by atoms with E-state index in [9.17, 15) is 9.90 Å². The van der Waals surface area contributed by atoms with Crippen molar-refractivity contribution in [3.05, 3.63) is 23.3 Å². The van der Waals surface area contributed by atoms with E-state index in [1.54, 1.807) is 12.1 Å². The number of aromatic hydroxyl groups is 1. The van der Waals surface area contributed by atoms with Crippen LogP contribution >= 0.6 is 0 Å². The maximum absolute atomic E-state index is 11.6. The highest BCUT2D eigenvalue weighted by Crippen LogP contribution is 2.33. The largest absolute Gasteiger partial charge is 0.507 e. The Bertz CT molecular complexity index is 469. The van der Waals surface area contributed by atoms with E-state index in [-0.39, 0.29) is 29.7 Å². The third kappa shape index (κ3) is 3.24. The summed E-state index contributed by atoms with van der Waals surface area (Å²) in [6, 6.07) is 3.28. The van der Waals surface area contributed by atoms with Gasteiger partial charge in [-0.1, -0.05) is 13.3 Å². The second-order valence-corrected chi connectivity index (χ2v) is 4.58. The zero-order chi connectivity index (χ0) is 13.8. The number of phenols is 1. The van der Waals surface area contributed by atoms with Gasteiger partial charge in [0.05, 0.1) is 18.7 Å². The molecular weight excluding hydrogens is 246 g/mol. The zero-order valence-corrected chi connectivity index (χ0v) is 11.0. The van der Waals surface area contributed by atoms with Crippen LogP contribution in [0.5, 0.6) is 11.5 Å². The molecule has 0 spiro atoms. The number of phenolic OH excluding ortho intramolecular Hbond substituents is 1. The van der Waals surface area contributed by atoms with Gasteiger partial charge in [0.1, 0.15) is 24.2 Å². The summed E-state index contributed by atoms with van der Waals surface area (Å²) >= 11 is 0. The summed E-state index contributed by atoms with van der Waals surface area (Å²) in [5.74, 6) is 0.335. The molecule has 1 aliphatic rings. The highest BCUT2D eigenvalue weighted by atomic mass is 16.6. The highest BCUT2D eigenvalue weighted by molar-refractivity contribution is 6.00. The SMILES string of the molecule is CCCc1c(OCC2CO2)ccc(C(=O)CN)c1O. The Labute approximate surface area is 112 Å². The first-order valence-electron chi connectivity index (χ1n) is 6.49. The molecule has 5 heteroatoms. The molecule has 1 aromatic carbocycles. The Balaban J connectivity index is 2.26. The molecule has 1 atom stereocenters. The minimum atomic E-state index is -0.271. The Morgan fingerprint density at radius 2 is 2.32 bits per heavy atom. The van der Waals surface area contributed by atoms with E-state index < -0.39 is 0 Å². The van der Waals surface area contributed by atoms with Crippen LogP contribution in [0.25, 0.3) is 0 Å². The number of hydrogen-bond acceptors (Lipinski definition) is 5. The topological polar surface area (TPSA) is 85.1 Å². The first-order chi connectivity index (χ1) is 9.17. The lowest BCUT2D eigenvalue weighted by Crippen LogP contribution is -2.14. The smallest absolute Gasteiger partial charge is 0.180 e. The number of Topliss-reactive ketones (excluding diaryl/α,β-unsaturated/α-hetero) is 1. The molecule has 1 unspecified atom stereocenters. The number of benzene rings is 1. The third-order valence-electron chi connectivity index (χ3n) is 3.05.